The van der Waals surface area contributed by atoms with Crippen molar-refractivity contribution in [1.82, 2.24) is 4.90 Å². The molecule has 0 radical (unpaired) electrons. The SMILES string of the molecule is CCOc1ccc(N2C(=O)/C(=C/c3cc(OCC)c(OC)cc3Br)N(C)C2=S)cc1. The molecule has 1 amide bonds. The second kappa shape index (κ2) is 9.49. The normalized spacial score (nSPS) is 15.2. The first-order valence-corrected chi connectivity index (χ1v) is 10.7. The van der Waals surface area contributed by atoms with Crippen LogP contribution in [0.3, 0.4) is 0 Å². The molecule has 30 heavy (non-hydrogen) atoms. The number of carbonyl (C=O) groups is 1. The Morgan fingerprint density at radius 2 is 1.73 bits per heavy atom. The van der Waals surface area contributed by atoms with Crippen molar-refractivity contribution < 1.29 is 19.0 Å². The van der Waals surface area contributed by atoms with E-state index >= 15 is 0 Å². The van der Waals surface area contributed by atoms with Crippen LogP contribution in [0, 0.1) is 0 Å². The summed E-state index contributed by atoms with van der Waals surface area (Å²) in [6, 6.07) is 10.9. The van der Waals surface area contributed by atoms with Gasteiger partial charge in [-0.3, -0.25) is 9.69 Å². The average molecular weight is 491 g/mol. The van der Waals surface area contributed by atoms with Crippen molar-refractivity contribution in [2.75, 3.05) is 32.3 Å². The number of carbonyl (C=O) groups excluding carboxylic acids is 1. The van der Waals surface area contributed by atoms with Gasteiger partial charge < -0.3 is 19.1 Å². The minimum absolute atomic E-state index is 0.202. The Bertz CT molecular complexity index is 991. The molecule has 0 spiro atoms. The number of thiocarbonyl (C=S) groups is 1. The molecule has 2 aromatic carbocycles. The largest absolute Gasteiger partial charge is 0.494 e. The van der Waals surface area contributed by atoms with Crippen molar-refractivity contribution in [2.45, 2.75) is 13.8 Å². The van der Waals surface area contributed by atoms with Gasteiger partial charge >= 0.3 is 0 Å². The molecule has 1 heterocycles. The molecule has 0 saturated carbocycles. The summed E-state index contributed by atoms with van der Waals surface area (Å²) in [6.07, 6.45) is 1.79. The van der Waals surface area contributed by atoms with Crippen molar-refractivity contribution in [3.63, 3.8) is 0 Å². The van der Waals surface area contributed by atoms with Crippen molar-refractivity contribution >= 4 is 50.9 Å². The molecule has 0 N–H and O–H groups in total. The monoisotopic (exact) mass is 490 g/mol. The van der Waals surface area contributed by atoms with Gasteiger partial charge in [-0.1, -0.05) is 15.9 Å². The van der Waals surface area contributed by atoms with E-state index in [1.165, 1.54) is 4.90 Å². The summed E-state index contributed by atoms with van der Waals surface area (Å²) in [7, 11) is 3.37. The van der Waals surface area contributed by atoms with Crippen molar-refractivity contribution in [3.05, 3.63) is 52.1 Å². The molecule has 2 aromatic rings. The molecule has 0 aromatic heterocycles. The number of hydrogen-bond donors (Lipinski definition) is 0. The summed E-state index contributed by atoms with van der Waals surface area (Å²) in [5.41, 5.74) is 1.93. The molecule has 1 saturated heterocycles. The van der Waals surface area contributed by atoms with Gasteiger partial charge in [0.25, 0.3) is 5.91 Å². The van der Waals surface area contributed by atoms with Gasteiger partial charge in [-0.25, -0.2) is 0 Å². The fraction of sp³-hybridized carbons (Fsp3) is 0.273. The zero-order chi connectivity index (χ0) is 21.8. The summed E-state index contributed by atoms with van der Waals surface area (Å²) in [6.45, 7) is 4.91. The van der Waals surface area contributed by atoms with E-state index in [4.69, 9.17) is 26.4 Å². The van der Waals surface area contributed by atoms with Crippen LogP contribution in [-0.2, 0) is 4.79 Å². The zero-order valence-corrected chi connectivity index (χ0v) is 19.7. The van der Waals surface area contributed by atoms with Crippen molar-refractivity contribution in [1.29, 1.82) is 0 Å². The minimum atomic E-state index is -0.202. The van der Waals surface area contributed by atoms with Crippen LogP contribution >= 0.6 is 28.1 Å². The highest BCUT2D eigenvalue weighted by Gasteiger charge is 2.37. The smallest absolute Gasteiger partial charge is 0.281 e. The van der Waals surface area contributed by atoms with Crippen LogP contribution < -0.4 is 19.1 Å². The fourth-order valence-corrected chi connectivity index (χ4v) is 3.80. The van der Waals surface area contributed by atoms with E-state index in [-0.39, 0.29) is 5.91 Å². The molecule has 0 bridgehead atoms. The maximum Gasteiger partial charge on any atom is 0.281 e. The number of nitrogens with zero attached hydrogens (tertiary/aromatic N) is 2. The van der Waals surface area contributed by atoms with Crippen LogP contribution in [-0.4, -0.2) is 43.3 Å². The molecular formula is C22H23BrN2O4S. The molecule has 1 fully saturated rings. The van der Waals surface area contributed by atoms with Gasteiger partial charge in [0.05, 0.1) is 26.0 Å². The first-order valence-electron chi connectivity index (χ1n) is 9.48. The first-order chi connectivity index (χ1) is 14.4. The Morgan fingerprint density at radius 1 is 1.07 bits per heavy atom. The Kier molecular flexibility index (Phi) is 6.99. The van der Waals surface area contributed by atoms with E-state index < -0.39 is 0 Å². The summed E-state index contributed by atoms with van der Waals surface area (Å²) in [5.74, 6) is 1.76. The van der Waals surface area contributed by atoms with Gasteiger partial charge in [0.15, 0.2) is 16.6 Å². The highest BCUT2D eigenvalue weighted by atomic mass is 79.9. The van der Waals surface area contributed by atoms with E-state index in [1.807, 2.05) is 50.2 Å². The minimum Gasteiger partial charge on any atom is -0.494 e. The Morgan fingerprint density at radius 3 is 2.33 bits per heavy atom. The molecule has 158 valence electrons. The number of rotatable bonds is 7. The van der Waals surface area contributed by atoms with Gasteiger partial charge in [0.2, 0.25) is 0 Å². The molecule has 0 atom stereocenters. The molecule has 1 aliphatic heterocycles. The Balaban J connectivity index is 1.97. The van der Waals surface area contributed by atoms with Crippen LogP contribution in [0.15, 0.2) is 46.6 Å². The summed E-state index contributed by atoms with van der Waals surface area (Å²) >= 11 is 9.09. The van der Waals surface area contributed by atoms with Crippen molar-refractivity contribution in [2.24, 2.45) is 0 Å². The maximum absolute atomic E-state index is 13.2. The molecule has 3 rings (SSSR count). The second-order valence-electron chi connectivity index (χ2n) is 6.40. The predicted molar refractivity (Wildman–Crippen MR) is 125 cm³/mol. The lowest BCUT2D eigenvalue weighted by atomic mass is 10.1. The summed E-state index contributed by atoms with van der Waals surface area (Å²) in [5, 5.41) is 0.407. The number of benzene rings is 2. The quantitative estimate of drug-likeness (QED) is 0.408. The topological polar surface area (TPSA) is 51.2 Å². The van der Waals surface area contributed by atoms with Crippen molar-refractivity contribution in [3.8, 4) is 17.2 Å². The number of hydrogen-bond acceptors (Lipinski definition) is 5. The molecular weight excluding hydrogens is 468 g/mol. The third-order valence-corrected chi connectivity index (χ3v) is 5.69. The van der Waals surface area contributed by atoms with Gasteiger partial charge in [-0.2, -0.15) is 0 Å². The standard InChI is InChI=1S/C22H23BrN2O4S/c1-5-28-16-9-7-15(8-10-16)25-21(26)18(24(3)22(25)30)11-14-12-20(29-6-2)19(27-4)13-17(14)23/h7-13H,5-6H2,1-4H3/b18-11-. The van der Waals surface area contributed by atoms with Crippen LogP contribution in [0.4, 0.5) is 5.69 Å². The molecule has 1 aliphatic rings. The summed E-state index contributed by atoms with van der Waals surface area (Å²) in [4.78, 5) is 16.4. The lowest BCUT2D eigenvalue weighted by Crippen LogP contribution is -2.31. The lowest BCUT2D eigenvalue weighted by Gasteiger charge is -2.16. The van der Waals surface area contributed by atoms with Gasteiger partial charge in [-0.05, 0) is 74.1 Å². The molecule has 0 aliphatic carbocycles. The fourth-order valence-electron chi connectivity index (χ4n) is 3.08. The second-order valence-corrected chi connectivity index (χ2v) is 7.62. The highest BCUT2D eigenvalue weighted by molar-refractivity contribution is 9.10. The van der Waals surface area contributed by atoms with E-state index in [9.17, 15) is 4.79 Å². The van der Waals surface area contributed by atoms with Gasteiger partial charge in [0.1, 0.15) is 11.4 Å². The van der Waals surface area contributed by atoms with Crippen LogP contribution in [0.5, 0.6) is 17.2 Å². The third kappa shape index (κ3) is 4.29. The molecule has 8 heteroatoms. The van der Waals surface area contributed by atoms with Crippen LogP contribution in [0.1, 0.15) is 19.4 Å². The number of ether oxygens (including phenoxy) is 3. The Hall–Kier alpha value is -2.58. The Labute approximate surface area is 190 Å². The van der Waals surface area contributed by atoms with Gasteiger partial charge in [0, 0.05) is 11.5 Å². The van der Waals surface area contributed by atoms with E-state index in [0.717, 1.165) is 15.8 Å². The van der Waals surface area contributed by atoms with E-state index in [1.54, 1.807) is 25.1 Å². The predicted octanol–water partition coefficient (Wildman–Crippen LogP) is 4.86. The maximum atomic E-state index is 13.2. The number of methoxy groups -OCH3 is 1. The average Bonchev–Trinajstić information content (AvgIpc) is 2.94. The van der Waals surface area contributed by atoms with Crippen LogP contribution in [0.2, 0.25) is 0 Å². The highest BCUT2D eigenvalue weighted by Crippen LogP contribution is 2.36. The van der Waals surface area contributed by atoms with E-state index in [0.29, 0.717) is 41.2 Å². The molecule has 6 nitrogen and oxygen atoms in total. The number of anilines is 1. The van der Waals surface area contributed by atoms with Gasteiger partial charge in [-0.15, -0.1) is 0 Å². The molecule has 0 unspecified atom stereocenters. The number of amides is 1. The number of likely N-dealkylation sites (N-methyl/N-ethyl adjacent to an activating group) is 1. The first kappa shape index (κ1) is 22.1. The number of halogens is 1. The third-order valence-electron chi connectivity index (χ3n) is 4.54. The van der Waals surface area contributed by atoms with E-state index in [2.05, 4.69) is 15.9 Å². The van der Waals surface area contributed by atoms with Crippen LogP contribution in [0.25, 0.3) is 6.08 Å². The zero-order valence-electron chi connectivity index (χ0n) is 17.3. The lowest BCUT2D eigenvalue weighted by molar-refractivity contribution is -0.114. The summed E-state index contributed by atoms with van der Waals surface area (Å²) < 4.78 is 17.3.